The zero-order valence-electron chi connectivity index (χ0n) is 16.4. The lowest BCUT2D eigenvalue weighted by Crippen LogP contribution is -2.40. The number of nitrogens with one attached hydrogen (secondary N) is 1. The molecule has 0 unspecified atom stereocenters. The molecule has 3 heterocycles. The summed E-state index contributed by atoms with van der Waals surface area (Å²) in [6.45, 7) is 8.34. The molecule has 0 aliphatic carbocycles. The highest BCUT2D eigenvalue weighted by molar-refractivity contribution is 6.45. The Morgan fingerprint density at radius 3 is 2.60 bits per heavy atom. The van der Waals surface area contributed by atoms with Crippen molar-refractivity contribution in [3.63, 3.8) is 0 Å². The molecular formula is C22H19N5O3. The smallest absolute Gasteiger partial charge is 0.295 e. The third kappa shape index (κ3) is 3.42. The number of H-pyrrole nitrogens is 1. The topological polar surface area (TPSA) is 92.5 Å². The molecule has 4 rings (SSSR count). The van der Waals surface area contributed by atoms with Crippen molar-refractivity contribution in [3.05, 3.63) is 70.8 Å². The molecule has 30 heavy (non-hydrogen) atoms. The van der Waals surface area contributed by atoms with Crippen LogP contribution in [0.15, 0.2) is 48.3 Å². The number of aromatic amines is 1. The minimum atomic E-state index is -0.617. The number of Topliss-reactive ketones (excluding diaryl/α,β-unsaturated/α-hetero) is 1. The molecule has 0 radical (unpaired) electrons. The molecule has 3 aromatic rings. The summed E-state index contributed by atoms with van der Waals surface area (Å²) in [4.78, 5) is 33.9. The van der Waals surface area contributed by atoms with E-state index in [4.69, 9.17) is 11.3 Å². The summed E-state index contributed by atoms with van der Waals surface area (Å²) in [5.41, 5.74) is 3.13. The van der Waals surface area contributed by atoms with Crippen molar-refractivity contribution < 1.29 is 14.3 Å². The van der Waals surface area contributed by atoms with Crippen LogP contribution >= 0.6 is 0 Å². The van der Waals surface area contributed by atoms with E-state index in [9.17, 15) is 9.59 Å². The molecule has 1 aromatic carbocycles. The van der Waals surface area contributed by atoms with Crippen LogP contribution in [0.3, 0.4) is 0 Å². The van der Waals surface area contributed by atoms with Gasteiger partial charge in [0, 0.05) is 19.3 Å². The van der Waals surface area contributed by atoms with Crippen molar-refractivity contribution in [2.24, 2.45) is 0 Å². The maximum atomic E-state index is 12.9. The van der Waals surface area contributed by atoms with E-state index in [1.807, 2.05) is 30.3 Å². The largest absolute Gasteiger partial charge is 0.494 e. The number of likely N-dealkylation sites (tertiary alicyclic amines) is 1. The van der Waals surface area contributed by atoms with Gasteiger partial charge >= 0.3 is 0 Å². The van der Waals surface area contributed by atoms with E-state index >= 15 is 0 Å². The van der Waals surface area contributed by atoms with Crippen molar-refractivity contribution in [1.82, 2.24) is 20.1 Å². The van der Waals surface area contributed by atoms with Crippen LogP contribution in [0.1, 0.15) is 28.8 Å². The van der Waals surface area contributed by atoms with Crippen LogP contribution in [0.25, 0.3) is 21.6 Å². The summed E-state index contributed by atoms with van der Waals surface area (Å²) in [7, 11) is 1.47. The molecule has 8 heteroatoms. The molecule has 2 aromatic heterocycles. The van der Waals surface area contributed by atoms with Crippen molar-refractivity contribution >= 4 is 28.4 Å². The van der Waals surface area contributed by atoms with Gasteiger partial charge in [0.05, 0.1) is 30.8 Å². The third-order valence-electron chi connectivity index (χ3n) is 5.25. The van der Waals surface area contributed by atoms with Gasteiger partial charge in [-0.25, -0.2) is 4.85 Å². The second-order valence-corrected chi connectivity index (χ2v) is 6.89. The second kappa shape index (κ2) is 8.17. The Morgan fingerprint density at radius 2 is 1.93 bits per heavy atom. The first-order chi connectivity index (χ1) is 14.6. The summed E-state index contributed by atoms with van der Waals surface area (Å²) >= 11 is 0. The van der Waals surface area contributed by atoms with E-state index in [-0.39, 0.29) is 5.56 Å². The monoisotopic (exact) mass is 401 g/mol. The van der Waals surface area contributed by atoms with Gasteiger partial charge in [-0.3, -0.25) is 9.59 Å². The highest BCUT2D eigenvalue weighted by Gasteiger charge is 2.29. The molecular weight excluding hydrogens is 382 g/mol. The number of hydrogen-bond acceptors (Lipinski definition) is 5. The molecule has 0 bridgehead atoms. The van der Waals surface area contributed by atoms with E-state index in [2.05, 4.69) is 20.0 Å². The first-order valence-electron chi connectivity index (χ1n) is 9.49. The number of benzene rings is 1. The maximum Gasteiger partial charge on any atom is 0.295 e. The van der Waals surface area contributed by atoms with Crippen molar-refractivity contribution in [1.29, 1.82) is 0 Å². The number of aromatic nitrogens is 3. The summed E-state index contributed by atoms with van der Waals surface area (Å²) in [5, 5.41) is 8.19. The SMILES string of the molecule is [C-]#[N+]C(=C1CCN(C(=O)C(=O)c2c[nH]c3nncc(OC)c23)CC1)c1ccccc1. The van der Waals surface area contributed by atoms with Gasteiger partial charge in [0.25, 0.3) is 11.7 Å². The molecule has 1 saturated heterocycles. The summed E-state index contributed by atoms with van der Waals surface area (Å²) in [6, 6.07) is 9.54. The minimum Gasteiger partial charge on any atom is -0.494 e. The van der Waals surface area contributed by atoms with E-state index in [0.717, 1.165) is 11.1 Å². The van der Waals surface area contributed by atoms with E-state index in [1.54, 1.807) is 4.90 Å². The molecule has 0 saturated carbocycles. The molecule has 1 N–H and O–H groups in total. The molecule has 0 spiro atoms. The summed E-state index contributed by atoms with van der Waals surface area (Å²) < 4.78 is 5.26. The standard InChI is InChI=1S/C22H19N5O3/c1-23-19(14-6-4-3-5-7-14)15-8-10-27(11-9-15)22(29)20(28)16-12-24-21-18(16)17(30-2)13-25-26-21/h3-7,12-13H,8-11H2,2H3,(H,24,26). The van der Waals surface area contributed by atoms with Crippen LogP contribution in [-0.4, -0.2) is 52.0 Å². The highest BCUT2D eigenvalue weighted by atomic mass is 16.5. The molecule has 1 aliphatic rings. The number of rotatable bonds is 4. The van der Waals surface area contributed by atoms with E-state index < -0.39 is 11.7 Å². The van der Waals surface area contributed by atoms with Crippen LogP contribution in [0.5, 0.6) is 5.75 Å². The quantitative estimate of drug-likeness (QED) is 0.412. The zero-order valence-corrected chi connectivity index (χ0v) is 16.4. The minimum absolute atomic E-state index is 0.217. The highest BCUT2D eigenvalue weighted by Crippen LogP contribution is 2.29. The lowest BCUT2D eigenvalue weighted by Gasteiger charge is -2.28. The Morgan fingerprint density at radius 1 is 1.20 bits per heavy atom. The Labute approximate surface area is 173 Å². The molecule has 0 atom stereocenters. The van der Waals surface area contributed by atoms with Gasteiger partial charge in [0.15, 0.2) is 17.1 Å². The average Bonchev–Trinajstić information content (AvgIpc) is 3.24. The fraction of sp³-hybridized carbons (Fsp3) is 0.227. The number of piperidine rings is 1. The first-order valence-corrected chi connectivity index (χ1v) is 9.49. The summed E-state index contributed by atoms with van der Waals surface area (Å²) in [6.07, 6.45) is 4.00. The molecule has 1 aliphatic heterocycles. The number of hydrogen-bond donors (Lipinski definition) is 1. The van der Waals surface area contributed by atoms with Crippen molar-refractivity contribution in [2.45, 2.75) is 12.8 Å². The molecule has 8 nitrogen and oxygen atoms in total. The fourth-order valence-corrected chi connectivity index (χ4v) is 3.70. The van der Waals surface area contributed by atoms with Crippen LogP contribution in [0.4, 0.5) is 0 Å². The number of carbonyl (C=O) groups excluding carboxylic acids is 2. The molecule has 1 fully saturated rings. The van der Waals surface area contributed by atoms with Crippen LogP contribution in [0.2, 0.25) is 0 Å². The van der Waals surface area contributed by atoms with Crippen LogP contribution in [0, 0.1) is 6.57 Å². The van der Waals surface area contributed by atoms with Crippen LogP contribution in [-0.2, 0) is 4.79 Å². The Bertz CT molecular complexity index is 1180. The normalized spacial score (nSPS) is 13.7. The number of amides is 1. The van der Waals surface area contributed by atoms with Crippen molar-refractivity contribution in [3.8, 4) is 5.75 Å². The molecule has 1 amide bonds. The zero-order chi connectivity index (χ0) is 21.1. The molecule has 150 valence electrons. The number of nitrogens with zero attached hydrogens (tertiary/aromatic N) is 4. The van der Waals surface area contributed by atoms with Gasteiger partial charge in [-0.1, -0.05) is 35.9 Å². The average molecular weight is 401 g/mol. The first kappa shape index (κ1) is 19.3. The van der Waals surface area contributed by atoms with Gasteiger partial charge in [-0.05, 0) is 18.4 Å². The lowest BCUT2D eigenvalue weighted by molar-refractivity contribution is -0.126. The van der Waals surface area contributed by atoms with Gasteiger partial charge < -0.3 is 14.6 Å². The number of methoxy groups -OCH3 is 1. The number of carbonyl (C=O) groups is 2. The van der Waals surface area contributed by atoms with Gasteiger partial charge in [-0.2, -0.15) is 5.10 Å². The third-order valence-corrected chi connectivity index (χ3v) is 5.25. The Kier molecular flexibility index (Phi) is 5.26. The van der Waals surface area contributed by atoms with Gasteiger partial charge in [0.1, 0.15) is 0 Å². The maximum absolute atomic E-state index is 12.9. The van der Waals surface area contributed by atoms with Gasteiger partial charge in [0.2, 0.25) is 0 Å². The summed E-state index contributed by atoms with van der Waals surface area (Å²) in [5.74, 6) is -0.808. The van der Waals surface area contributed by atoms with E-state index in [1.165, 1.54) is 19.5 Å². The number of ether oxygens (including phenoxy) is 1. The second-order valence-electron chi connectivity index (χ2n) is 6.89. The number of ketones is 1. The van der Waals surface area contributed by atoms with E-state index in [0.29, 0.717) is 48.4 Å². The fourth-order valence-electron chi connectivity index (χ4n) is 3.70. The van der Waals surface area contributed by atoms with Crippen molar-refractivity contribution in [2.75, 3.05) is 20.2 Å². The predicted octanol–water partition coefficient (Wildman–Crippen LogP) is 3.10. The number of fused-ring (bicyclic) bond motifs is 1. The van der Waals surface area contributed by atoms with Crippen LogP contribution < -0.4 is 4.74 Å². The Hall–Kier alpha value is -3.99. The van der Waals surface area contributed by atoms with Gasteiger partial charge in [-0.15, -0.1) is 5.10 Å². The Balaban J connectivity index is 1.53. The lowest BCUT2D eigenvalue weighted by atomic mass is 9.97. The predicted molar refractivity (Wildman–Crippen MR) is 111 cm³/mol.